The molecule has 1 unspecified atom stereocenters. The number of sulfonamides is 1. The lowest BCUT2D eigenvalue weighted by Gasteiger charge is -2.33. The third-order valence-electron chi connectivity index (χ3n) is 4.18. The van der Waals surface area contributed by atoms with Crippen molar-refractivity contribution in [2.45, 2.75) is 24.8 Å². The lowest BCUT2D eigenvalue weighted by molar-refractivity contribution is -0.0295. The Hall–Kier alpha value is -1.74. The van der Waals surface area contributed by atoms with Crippen LogP contribution < -0.4 is 10.0 Å². The molecular formula is C19H29N3O4S. The smallest absolute Gasteiger partial charge is 0.251 e. The fourth-order valence-electron chi connectivity index (χ4n) is 2.93. The Labute approximate surface area is 161 Å². The molecule has 1 amide bonds. The second-order valence-electron chi connectivity index (χ2n) is 7.02. The largest absolute Gasteiger partial charge is 0.374 e. The van der Waals surface area contributed by atoms with Gasteiger partial charge in [0.15, 0.2) is 0 Å². The summed E-state index contributed by atoms with van der Waals surface area (Å²) in [7, 11) is -3.59. The zero-order valence-electron chi connectivity index (χ0n) is 16.0. The second-order valence-corrected chi connectivity index (χ2v) is 8.79. The SMILES string of the molecule is C=CCNS(=O)(=O)c1ccc(C(=O)NCC2CN(CC(C)C)CCO2)cc1. The van der Waals surface area contributed by atoms with Crippen molar-refractivity contribution in [1.82, 2.24) is 14.9 Å². The molecule has 27 heavy (non-hydrogen) atoms. The highest BCUT2D eigenvalue weighted by Gasteiger charge is 2.21. The highest BCUT2D eigenvalue weighted by molar-refractivity contribution is 7.89. The molecule has 8 heteroatoms. The van der Waals surface area contributed by atoms with E-state index < -0.39 is 10.0 Å². The molecule has 150 valence electrons. The molecular weight excluding hydrogens is 366 g/mol. The van der Waals surface area contributed by atoms with Crippen LogP contribution in [0.25, 0.3) is 0 Å². The number of nitrogens with one attached hydrogen (secondary N) is 2. The van der Waals surface area contributed by atoms with Gasteiger partial charge in [-0.25, -0.2) is 13.1 Å². The summed E-state index contributed by atoms with van der Waals surface area (Å²) in [5.74, 6) is 0.344. The lowest BCUT2D eigenvalue weighted by Crippen LogP contribution is -2.48. The fraction of sp³-hybridized carbons (Fsp3) is 0.526. The second kappa shape index (κ2) is 9.98. The molecule has 1 aliphatic rings. The van der Waals surface area contributed by atoms with Crippen molar-refractivity contribution < 1.29 is 17.9 Å². The Morgan fingerprint density at radius 1 is 1.37 bits per heavy atom. The number of rotatable bonds is 9. The van der Waals surface area contributed by atoms with E-state index >= 15 is 0 Å². The molecule has 1 aromatic carbocycles. The Balaban J connectivity index is 1.88. The number of carbonyl (C=O) groups excluding carboxylic acids is 1. The molecule has 2 N–H and O–H groups in total. The number of ether oxygens (including phenoxy) is 1. The number of morpholine rings is 1. The van der Waals surface area contributed by atoms with Gasteiger partial charge in [0.1, 0.15) is 0 Å². The van der Waals surface area contributed by atoms with Crippen molar-refractivity contribution in [3.05, 3.63) is 42.5 Å². The third kappa shape index (κ3) is 6.73. The molecule has 1 fully saturated rings. The van der Waals surface area contributed by atoms with E-state index in [1.54, 1.807) is 0 Å². The monoisotopic (exact) mass is 395 g/mol. The molecule has 0 aromatic heterocycles. The number of amides is 1. The van der Waals surface area contributed by atoms with E-state index in [4.69, 9.17) is 4.74 Å². The maximum absolute atomic E-state index is 12.3. The van der Waals surface area contributed by atoms with Gasteiger partial charge in [-0.3, -0.25) is 9.69 Å². The molecule has 0 aliphatic carbocycles. The van der Waals surface area contributed by atoms with Crippen molar-refractivity contribution in [3.8, 4) is 0 Å². The lowest BCUT2D eigenvalue weighted by atomic mass is 10.1. The van der Waals surface area contributed by atoms with Gasteiger partial charge in [0.25, 0.3) is 5.91 Å². The van der Waals surface area contributed by atoms with E-state index in [2.05, 4.69) is 35.4 Å². The highest BCUT2D eigenvalue weighted by atomic mass is 32.2. The summed E-state index contributed by atoms with van der Waals surface area (Å²) in [6, 6.07) is 5.85. The molecule has 1 saturated heterocycles. The minimum atomic E-state index is -3.59. The zero-order valence-corrected chi connectivity index (χ0v) is 16.8. The van der Waals surface area contributed by atoms with Crippen LogP contribution in [0.5, 0.6) is 0 Å². The van der Waals surface area contributed by atoms with Crippen LogP contribution in [0.4, 0.5) is 0 Å². The average molecular weight is 396 g/mol. The van der Waals surface area contributed by atoms with Gasteiger partial charge in [-0.1, -0.05) is 19.9 Å². The number of hydrogen-bond acceptors (Lipinski definition) is 5. The predicted molar refractivity (Wildman–Crippen MR) is 105 cm³/mol. The average Bonchev–Trinajstić information content (AvgIpc) is 2.64. The van der Waals surface area contributed by atoms with Crippen molar-refractivity contribution in [3.63, 3.8) is 0 Å². The van der Waals surface area contributed by atoms with Crippen molar-refractivity contribution in [2.75, 3.05) is 39.3 Å². The van der Waals surface area contributed by atoms with E-state index in [9.17, 15) is 13.2 Å². The summed E-state index contributed by atoms with van der Waals surface area (Å²) in [5, 5.41) is 2.87. The highest BCUT2D eigenvalue weighted by Crippen LogP contribution is 2.11. The minimum Gasteiger partial charge on any atom is -0.374 e. The van der Waals surface area contributed by atoms with Crippen LogP contribution in [0.2, 0.25) is 0 Å². The van der Waals surface area contributed by atoms with Crippen molar-refractivity contribution in [1.29, 1.82) is 0 Å². The number of benzene rings is 1. The van der Waals surface area contributed by atoms with Crippen molar-refractivity contribution in [2.24, 2.45) is 5.92 Å². The van der Waals surface area contributed by atoms with E-state index in [0.717, 1.165) is 19.6 Å². The molecule has 0 saturated carbocycles. The zero-order chi connectivity index (χ0) is 19.9. The summed E-state index contributed by atoms with van der Waals surface area (Å²) >= 11 is 0. The molecule has 1 aliphatic heterocycles. The Kier molecular flexibility index (Phi) is 7.97. The maximum atomic E-state index is 12.3. The van der Waals surface area contributed by atoms with Crippen LogP contribution in [-0.2, 0) is 14.8 Å². The first-order chi connectivity index (χ1) is 12.8. The number of nitrogens with zero attached hydrogens (tertiary/aromatic N) is 1. The normalized spacial score (nSPS) is 18.4. The van der Waals surface area contributed by atoms with Crippen LogP contribution >= 0.6 is 0 Å². The Morgan fingerprint density at radius 3 is 2.70 bits per heavy atom. The molecule has 0 spiro atoms. The summed E-state index contributed by atoms with van der Waals surface area (Å²) < 4.78 is 32.2. The Bertz CT molecular complexity index is 732. The van der Waals surface area contributed by atoms with Gasteiger partial charge in [0.05, 0.1) is 17.6 Å². The Morgan fingerprint density at radius 2 is 2.07 bits per heavy atom. The molecule has 1 heterocycles. The van der Waals surface area contributed by atoms with Gasteiger partial charge < -0.3 is 10.1 Å². The van der Waals surface area contributed by atoms with Crippen LogP contribution in [0, 0.1) is 5.92 Å². The predicted octanol–water partition coefficient (Wildman–Crippen LogP) is 1.24. The van der Waals surface area contributed by atoms with Gasteiger partial charge in [-0.05, 0) is 30.2 Å². The van der Waals surface area contributed by atoms with Crippen LogP contribution in [0.15, 0.2) is 41.8 Å². The summed E-state index contributed by atoms with van der Waals surface area (Å²) in [4.78, 5) is 14.8. The van der Waals surface area contributed by atoms with Gasteiger partial charge in [0.2, 0.25) is 10.0 Å². The van der Waals surface area contributed by atoms with Gasteiger partial charge in [-0.15, -0.1) is 6.58 Å². The quantitative estimate of drug-likeness (QED) is 0.614. The van der Waals surface area contributed by atoms with Gasteiger partial charge in [0, 0.05) is 38.3 Å². The first-order valence-electron chi connectivity index (χ1n) is 9.14. The van der Waals surface area contributed by atoms with Crippen LogP contribution in [0.3, 0.4) is 0 Å². The summed E-state index contributed by atoms with van der Waals surface area (Å²) in [5.41, 5.74) is 0.410. The van der Waals surface area contributed by atoms with E-state index in [-0.39, 0.29) is 23.5 Å². The van der Waals surface area contributed by atoms with Crippen molar-refractivity contribution >= 4 is 15.9 Å². The van der Waals surface area contributed by atoms with E-state index in [1.165, 1.54) is 30.3 Å². The summed E-state index contributed by atoms with van der Waals surface area (Å²) in [6.07, 6.45) is 1.43. The topological polar surface area (TPSA) is 87.7 Å². The van der Waals surface area contributed by atoms with E-state index in [0.29, 0.717) is 24.6 Å². The van der Waals surface area contributed by atoms with E-state index in [1.807, 2.05) is 0 Å². The van der Waals surface area contributed by atoms with Crippen LogP contribution in [-0.4, -0.2) is 64.7 Å². The standard InChI is InChI=1S/C19H29N3O4S/c1-4-9-21-27(24,25)18-7-5-16(6-8-18)19(23)20-12-17-14-22(10-11-26-17)13-15(2)3/h4-8,15,17,21H,1,9-14H2,2-3H3,(H,20,23). The fourth-order valence-corrected chi connectivity index (χ4v) is 3.93. The van der Waals surface area contributed by atoms with Crippen LogP contribution in [0.1, 0.15) is 24.2 Å². The molecule has 1 atom stereocenters. The summed E-state index contributed by atoms with van der Waals surface area (Å²) in [6.45, 7) is 11.8. The first kappa shape index (κ1) is 21.6. The number of hydrogen-bond donors (Lipinski definition) is 2. The molecule has 7 nitrogen and oxygen atoms in total. The van der Waals surface area contributed by atoms with Gasteiger partial charge in [-0.2, -0.15) is 0 Å². The molecule has 0 bridgehead atoms. The third-order valence-corrected chi connectivity index (χ3v) is 5.62. The maximum Gasteiger partial charge on any atom is 0.251 e. The molecule has 0 radical (unpaired) electrons. The minimum absolute atomic E-state index is 0.0378. The molecule has 1 aromatic rings. The first-order valence-corrected chi connectivity index (χ1v) is 10.6. The molecule has 2 rings (SSSR count). The van der Waals surface area contributed by atoms with Gasteiger partial charge >= 0.3 is 0 Å². The number of carbonyl (C=O) groups is 1.